The Balaban J connectivity index is 3.03. The van der Waals surface area contributed by atoms with Crippen molar-refractivity contribution < 1.29 is 9.53 Å². The molecule has 0 aliphatic carbocycles. The Kier molecular flexibility index (Phi) is 8.60. The Bertz CT molecular complexity index is 158. The maximum atomic E-state index is 10.7. The Hall–Kier alpha value is -0.870. The highest BCUT2D eigenvalue weighted by molar-refractivity contribution is 5.74. The number of rotatable bonds is 7. The summed E-state index contributed by atoms with van der Waals surface area (Å²) >= 11 is 0. The van der Waals surface area contributed by atoms with Crippen LogP contribution in [0, 0.1) is 0 Å². The number of carbonyl (C=O) groups is 1. The van der Waals surface area contributed by atoms with Gasteiger partial charge in [-0.25, -0.2) is 5.84 Å². The second-order valence-corrected chi connectivity index (χ2v) is 2.67. The quantitative estimate of drug-likeness (QED) is 0.203. The standard InChI is InChI=1S/C9H18N2O2/c1-2-3-7-13-8-5-4-6-9(12)11-10/h2-3H,4-8,10H2,1H3,(H,11,12). The summed E-state index contributed by atoms with van der Waals surface area (Å²) in [6, 6.07) is 0. The summed E-state index contributed by atoms with van der Waals surface area (Å²) in [5, 5.41) is 0. The topological polar surface area (TPSA) is 64.3 Å². The summed E-state index contributed by atoms with van der Waals surface area (Å²) in [5.74, 6) is 4.80. The fourth-order valence-electron chi connectivity index (χ4n) is 0.809. The minimum atomic E-state index is -0.117. The number of hydrogen-bond donors (Lipinski definition) is 2. The molecule has 0 unspecified atom stereocenters. The van der Waals surface area contributed by atoms with E-state index in [9.17, 15) is 4.79 Å². The van der Waals surface area contributed by atoms with Crippen LogP contribution in [0.2, 0.25) is 0 Å². The zero-order valence-electron chi connectivity index (χ0n) is 8.08. The van der Waals surface area contributed by atoms with Crippen LogP contribution in [0.15, 0.2) is 12.2 Å². The van der Waals surface area contributed by atoms with Gasteiger partial charge in [-0.15, -0.1) is 0 Å². The van der Waals surface area contributed by atoms with Gasteiger partial charge in [-0.3, -0.25) is 10.2 Å². The summed E-state index contributed by atoms with van der Waals surface area (Å²) in [4.78, 5) is 10.7. The van der Waals surface area contributed by atoms with Crippen LogP contribution in [0.25, 0.3) is 0 Å². The predicted octanol–water partition coefficient (Wildman–Crippen LogP) is 0.739. The molecule has 0 aromatic rings. The van der Waals surface area contributed by atoms with Gasteiger partial charge in [0.15, 0.2) is 0 Å². The smallest absolute Gasteiger partial charge is 0.233 e. The SMILES string of the molecule is CC=CCOCCCCC(=O)NN. The lowest BCUT2D eigenvalue weighted by Gasteiger charge is -2.00. The number of carbonyl (C=O) groups excluding carboxylic acids is 1. The van der Waals surface area contributed by atoms with Crippen molar-refractivity contribution in [3.63, 3.8) is 0 Å². The van der Waals surface area contributed by atoms with Gasteiger partial charge >= 0.3 is 0 Å². The third kappa shape index (κ3) is 9.04. The van der Waals surface area contributed by atoms with Crippen molar-refractivity contribution in [3.8, 4) is 0 Å². The molecule has 3 N–H and O–H groups in total. The molecule has 0 radical (unpaired) electrons. The average molecular weight is 186 g/mol. The average Bonchev–Trinajstić information content (AvgIpc) is 2.16. The first-order valence-corrected chi connectivity index (χ1v) is 4.49. The fraction of sp³-hybridized carbons (Fsp3) is 0.667. The van der Waals surface area contributed by atoms with Crippen LogP contribution in [0.4, 0.5) is 0 Å². The van der Waals surface area contributed by atoms with Crippen LogP contribution in [-0.2, 0) is 9.53 Å². The number of nitrogens with one attached hydrogen (secondary N) is 1. The lowest BCUT2D eigenvalue weighted by Crippen LogP contribution is -2.29. The van der Waals surface area contributed by atoms with Crippen molar-refractivity contribution in [2.45, 2.75) is 26.2 Å². The summed E-state index contributed by atoms with van der Waals surface area (Å²) in [5.41, 5.74) is 2.09. The van der Waals surface area contributed by atoms with E-state index in [0.29, 0.717) is 19.6 Å². The Morgan fingerprint density at radius 3 is 2.92 bits per heavy atom. The van der Waals surface area contributed by atoms with Gasteiger partial charge < -0.3 is 4.74 Å². The highest BCUT2D eigenvalue weighted by Crippen LogP contribution is 1.95. The van der Waals surface area contributed by atoms with E-state index >= 15 is 0 Å². The number of allylic oxidation sites excluding steroid dienone is 1. The predicted molar refractivity (Wildman–Crippen MR) is 51.8 cm³/mol. The van der Waals surface area contributed by atoms with E-state index < -0.39 is 0 Å². The van der Waals surface area contributed by atoms with Crippen molar-refractivity contribution in [2.24, 2.45) is 5.84 Å². The molecule has 1 amide bonds. The monoisotopic (exact) mass is 186 g/mol. The molecule has 0 saturated carbocycles. The van der Waals surface area contributed by atoms with E-state index in [-0.39, 0.29) is 5.91 Å². The van der Waals surface area contributed by atoms with Crippen molar-refractivity contribution >= 4 is 5.91 Å². The maximum absolute atomic E-state index is 10.7. The molecule has 0 aromatic carbocycles. The van der Waals surface area contributed by atoms with Crippen LogP contribution in [0.5, 0.6) is 0 Å². The lowest BCUT2D eigenvalue weighted by atomic mass is 10.2. The number of nitrogens with two attached hydrogens (primary N) is 1. The zero-order chi connectivity index (χ0) is 9.94. The third-order valence-electron chi connectivity index (χ3n) is 1.55. The molecular formula is C9H18N2O2. The molecule has 4 heteroatoms. The molecule has 0 rings (SSSR count). The van der Waals surface area contributed by atoms with Gasteiger partial charge in [-0.1, -0.05) is 12.2 Å². The number of ether oxygens (including phenoxy) is 1. The van der Waals surface area contributed by atoms with Crippen LogP contribution >= 0.6 is 0 Å². The van der Waals surface area contributed by atoms with Gasteiger partial charge in [-0.2, -0.15) is 0 Å². The first-order chi connectivity index (χ1) is 6.31. The van der Waals surface area contributed by atoms with Crippen molar-refractivity contribution in [1.82, 2.24) is 5.43 Å². The molecule has 0 heterocycles. The second-order valence-electron chi connectivity index (χ2n) is 2.67. The molecular weight excluding hydrogens is 168 g/mol. The molecule has 0 saturated heterocycles. The minimum Gasteiger partial charge on any atom is -0.377 e. The molecule has 0 aliphatic heterocycles. The van der Waals surface area contributed by atoms with E-state index in [2.05, 4.69) is 5.43 Å². The summed E-state index contributed by atoms with van der Waals surface area (Å²) < 4.78 is 5.24. The molecule has 0 aromatic heterocycles. The first-order valence-electron chi connectivity index (χ1n) is 4.49. The van der Waals surface area contributed by atoms with E-state index in [4.69, 9.17) is 10.6 Å². The van der Waals surface area contributed by atoms with E-state index in [0.717, 1.165) is 12.8 Å². The summed E-state index contributed by atoms with van der Waals surface area (Å²) in [7, 11) is 0. The van der Waals surface area contributed by atoms with Gasteiger partial charge in [0.05, 0.1) is 6.61 Å². The fourth-order valence-corrected chi connectivity index (χ4v) is 0.809. The Morgan fingerprint density at radius 1 is 1.54 bits per heavy atom. The van der Waals surface area contributed by atoms with Crippen LogP contribution in [0.1, 0.15) is 26.2 Å². The molecule has 0 spiro atoms. The van der Waals surface area contributed by atoms with Crippen LogP contribution in [-0.4, -0.2) is 19.1 Å². The highest BCUT2D eigenvalue weighted by atomic mass is 16.5. The number of hydrazine groups is 1. The molecule has 13 heavy (non-hydrogen) atoms. The van der Waals surface area contributed by atoms with Gasteiger partial charge in [-0.05, 0) is 19.8 Å². The summed E-state index contributed by atoms with van der Waals surface area (Å²) in [6.45, 7) is 3.30. The van der Waals surface area contributed by atoms with Gasteiger partial charge in [0, 0.05) is 13.0 Å². The van der Waals surface area contributed by atoms with Crippen LogP contribution in [0.3, 0.4) is 0 Å². The molecule has 76 valence electrons. The van der Waals surface area contributed by atoms with Crippen molar-refractivity contribution in [1.29, 1.82) is 0 Å². The molecule has 4 nitrogen and oxygen atoms in total. The maximum Gasteiger partial charge on any atom is 0.233 e. The lowest BCUT2D eigenvalue weighted by molar-refractivity contribution is -0.121. The highest BCUT2D eigenvalue weighted by Gasteiger charge is 1.96. The molecule has 0 atom stereocenters. The third-order valence-corrected chi connectivity index (χ3v) is 1.55. The Labute approximate surface area is 79.1 Å². The van der Waals surface area contributed by atoms with E-state index in [1.807, 2.05) is 19.1 Å². The molecule has 0 fully saturated rings. The number of amides is 1. The minimum absolute atomic E-state index is 0.117. The van der Waals surface area contributed by atoms with Gasteiger partial charge in [0.25, 0.3) is 0 Å². The number of hydrogen-bond acceptors (Lipinski definition) is 3. The van der Waals surface area contributed by atoms with Crippen molar-refractivity contribution in [2.75, 3.05) is 13.2 Å². The van der Waals surface area contributed by atoms with Gasteiger partial charge in [0.2, 0.25) is 5.91 Å². The van der Waals surface area contributed by atoms with E-state index in [1.165, 1.54) is 0 Å². The zero-order valence-corrected chi connectivity index (χ0v) is 8.08. The molecule has 0 aliphatic rings. The van der Waals surface area contributed by atoms with Gasteiger partial charge in [0.1, 0.15) is 0 Å². The van der Waals surface area contributed by atoms with Crippen molar-refractivity contribution in [3.05, 3.63) is 12.2 Å². The largest absolute Gasteiger partial charge is 0.377 e. The summed E-state index contributed by atoms with van der Waals surface area (Å²) in [6.07, 6.45) is 6.09. The molecule has 0 bridgehead atoms. The Morgan fingerprint density at radius 2 is 2.31 bits per heavy atom. The normalized spacial score (nSPS) is 10.6. The first kappa shape index (κ1) is 12.1. The van der Waals surface area contributed by atoms with Crippen LogP contribution < -0.4 is 11.3 Å². The van der Waals surface area contributed by atoms with E-state index in [1.54, 1.807) is 0 Å². The number of unbranched alkanes of at least 4 members (excludes halogenated alkanes) is 1. The second kappa shape index (κ2) is 9.22.